The number of para-hydroxylation sites is 1. The van der Waals surface area contributed by atoms with Crippen molar-refractivity contribution in [1.82, 2.24) is 10.4 Å². The number of amides is 1. The third-order valence-electron chi connectivity index (χ3n) is 4.42. The second-order valence-electron chi connectivity index (χ2n) is 6.49. The first kappa shape index (κ1) is 19.6. The number of quaternary nitrogens is 1. The molecule has 2 aromatic rings. The van der Waals surface area contributed by atoms with E-state index in [1.54, 1.807) is 24.3 Å². The van der Waals surface area contributed by atoms with Crippen LogP contribution in [0.3, 0.4) is 0 Å². The predicted molar refractivity (Wildman–Crippen MR) is 104 cm³/mol. The second-order valence-corrected chi connectivity index (χ2v) is 8.58. The number of sulfonamides is 1. The van der Waals surface area contributed by atoms with Crippen molar-refractivity contribution in [2.45, 2.75) is 4.90 Å². The van der Waals surface area contributed by atoms with E-state index in [0.717, 1.165) is 26.2 Å². The van der Waals surface area contributed by atoms with E-state index in [1.165, 1.54) is 29.2 Å². The first-order valence-corrected chi connectivity index (χ1v) is 10.5. The van der Waals surface area contributed by atoms with E-state index >= 15 is 0 Å². The molecule has 3 N–H and O–H groups in total. The number of rotatable bonds is 5. The van der Waals surface area contributed by atoms with Crippen LogP contribution in [0.5, 0.6) is 0 Å². The maximum atomic E-state index is 12.5. The van der Waals surface area contributed by atoms with E-state index in [0.29, 0.717) is 16.3 Å². The molecule has 0 atom stereocenters. The molecule has 1 amide bonds. The van der Waals surface area contributed by atoms with Crippen LogP contribution in [0.15, 0.2) is 53.4 Å². The molecule has 9 heteroatoms. The van der Waals surface area contributed by atoms with Crippen LogP contribution < -0.4 is 15.0 Å². The number of likely N-dealkylation sites (N-methyl/N-ethyl adjacent to an activating group) is 1. The lowest BCUT2D eigenvalue weighted by molar-refractivity contribution is -0.884. The number of benzene rings is 2. The van der Waals surface area contributed by atoms with Crippen molar-refractivity contribution in [3.63, 3.8) is 0 Å². The number of hydrogen-bond donors (Lipinski definition) is 3. The molecule has 1 aliphatic heterocycles. The van der Waals surface area contributed by atoms with Crippen molar-refractivity contribution in [2.75, 3.05) is 37.9 Å². The summed E-state index contributed by atoms with van der Waals surface area (Å²) in [5, 5.41) is 2.20. The molecule has 3 rings (SSSR count). The number of nitrogens with zero attached hydrogens (tertiary/aromatic N) is 1. The highest BCUT2D eigenvalue weighted by Crippen LogP contribution is 2.24. The summed E-state index contributed by atoms with van der Waals surface area (Å²) in [6.07, 6.45) is 0. The molecule has 1 saturated heterocycles. The topological polar surface area (TPSA) is 83.0 Å². The Balaban J connectivity index is 1.67. The largest absolute Gasteiger partial charge is 0.335 e. The maximum absolute atomic E-state index is 12.5. The Kier molecular flexibility index (Phi) is 6.01. The van der Waals surface area contributed by atoms with Crippen molar-refractivity contribution in [3.8, 4) is 0 Å². The minimum absolute atomic E-state index is 0.0576. The van der Waals surface area contributed by atoms with E-state index in [4.69, 9.17) is 11.6 Å². The van der Waals surface area contributed by atoms with Gasteiger partial charge in [-0.3, -0.25) is 14.9 Å². The van der Waals surface area contributed by atoms with Gasteiger partial charge in [-0.25, -0.2) is 13.4 Å². The fourth-order valence-electron chi connectivity index (χ4n) is 2.74. The SMILES string of the molecule is C[NH+]1CCN(NC(=O)c2ccc(S(=O)(=O)Nc3ccccc3Cl)cc2)CC1. The summed E-state index contributed by atoms with van der Waals surface area (Å²) in [4.78, 5) is 13.8. The van der Waals surface area contributed by atoms with Gasteiger partial charge in [0.15, 0.2) is 0 Å². The molecule has 27 heavy (non-hydrogen) atoms. The number of hydrogen-bond acceptors (Lipinski definition) is 4. The Hall–Kier alpha value is -2.13. The van der Waals surface area contributed by atoms with Crippen LogP contribution in [-0.2, 0) is 10.0 Å². The molecule has 0 radical (unpaired) electrons. The normalized spacial score (nSPS) is 16.1. The Morgan fingerprint density at radius 1 is 1.07 bits per heavy atom. The number of piperazine rings is 1. The van der Waals surface area contributed by atoms with Gasteiger partial charge in [0.25, 0.3) is 15.9 Å². The average molecular weight is 410 g/mol. The minimum Gasteiger partial charge on any atom is -0.335 e. The van der Waals surface area contributed by atoms with Crippen LogP contribution in [-0.4, -0.2) is 52.6 Å². The monoisotopic (exact) mass is 409 g/mol. The zero-order valence-electron chi connectivity index (χ0n) is 14.9. The smallest absolute Gasteiger partial charge is 0.265 e. The molecule has 144 valence electrons. The van der Waals surface area contributed by atoms with Crippen LogP contribution in [0.2, 0.25) is 5.02 Å². The molecule has 0 aliphatic carbocycles. The van der Waals surface area contributed by atoms with Crippen LogP contribution in [0.4, 0.5) is 5.69 Å². The van der Waals surface area contributed by atoms with E-state index < -0.39 is 10.0 Å². The Bertz CT molecular complexity index is 910. The van der Waals surface area contributed by atoms with Crippen LogP contribution >= 0.6 is 11.6 Å². The van der Waals surface area contributed by atoms with Gasteiger partial charge in [0.05, 0.1) is 48.8 Å². The molecule has 0 unspecified atom stereocenters. The number of anilines is 1. The lowest BCUT2D eigenvalue weighted by Crippen LogP contribution is -3.12. The molecule has 1 fully saturated rings. The number of carbonyl (C=O) groups is 1. The zero-order chi connectivity index (χ0) is 19.4. The van der Waals surface area contributed by atoms with Gasteiger partial charge in [-0.15, -0.1) is 0 Å². The lowest BCUT2D eigenvalue weighted by Gasteiger charge is -2.30. The van der Waals surface area contributed by atoms with Crippen LogP contribution in [0, 0.1) is 0 Å². The summed E-state index contributed by atoms with van der Waals surface area (Å²) >= 11 is 6.00. The minimum atomic E-state index is -3.79. The quantitative estimate of drug-likeness (QED) is 0.676. The highest BCUT2D eigenvalue weighted by molar-refractivity contribution is 7.92. The molecule has 0 bridgehead atoms. The van der Waals surface area contributed by atoms with Crippen molar-refractivity contribution >= 4 is 33.2 Å². The molecule has 0 spiro atoms. The van der Waals surface area contributed by atoms with E-state index in [-0.39, 0.29) is 10.8 Å². The molecule has 2 aromatic carbocycles. The number of carbonyl (C=O) groups excluding carboxylic acids is 1. The van der Waals surface area contributed by atoms with Gasteiger partial charge in [0.1, 0.15) is 0 Å². The van der Waals surface area contributed by atoms with E-state index in [9.17, 15) is 13.2 Å². The summed E-state index contributed by atoms with van der Waals surface area (Å²) in [6.45, 7) is 3.49. The van der Waals surface area contributed by atoms with Gasteiger partial charge in [-0.05, 0) is 36.4 Å². The zero-order valence-corrected chi connectivity index (χ0v) is 16.5. The average Bonchev–Trinajstić information content (AvgIpc) is 2.65. The standard InChI is InChI=1S/C18H21ClN4O3S/c1-22-10-12-23(13-11-22)20-18(24)14-6-8-15(9-7-14)27(25,26)21-17-5-3-2-4-16(17)19/h2-9,21H,10-13H2,1H3,(H,20,24)/p+1. The highest BCUT2D eigenvalue weighted by Gasteiger charge is 2.20. The molecule has 0 aromatic heterocycles. The Morgan fingerprint density at radius 3 is 2.33 bits per heavy atom. The molecular weight excluding hydrogens is 388 g/mol. The summed E-state index contributed by atoms with van der Waals surface area (Å²) in [5.74, 6) is -0.252. The van der Waals surface area contributed by atoms with Gasteiger partial charge in [0, 0.05) is 5.56 Å². The predicted octanol–water partition coefficient (Wildman–Crippen LogP) is 0.616. The van der Waals surface area contributed by atoms with Gasteiger partial charge in [0.2, 0.25) is 0 Å². The molecule has 7 nitrogen and oxygen atoms in total. The lowest BCUT2D eigenvalue weighted by atomic mass is 10.2. The third-order valence-corrected chi connectivity index (χ3v) is 6.13. The van der Waals surface area contributed by atoms with Crippen molar-refractivity contribution < 1.29 is 18.1 Å². The fraction of sp³-hybridized carbons (Fsp3) is 0.278. The van der Waals surface area contributed by atoms with Crippen molar-refractivity contribution in [3.05, 3.63) is 59.1 Å². The molecule has 0 saturated carbocycles. The summed E-state index contributed by atoms with van der Waals surface area (Å²) < 4.78 is 27.5. The van der Waals surface area contributed by atoms with Gasteiger partial charge >= 0.3 is 0 Å². The molecular formula is C18H22ClN4O3S+. The highest BCUT2D eigenvalue weighted by atomic mass is 35.5. The van der Waals surface area contributed by atoms with Gasteiger partial charge < -0.3 is 4.90 Å². The van der Waals surface area contributed by atoms with Crippen LogP contribution in [0.1, 0.15) is 10.4 Å². The number of nitrogens with one attached hydrogen (secondary N) is 3. The molecule has 1 aliphatic rings. The number of halogens is 1. The van der Waals surface area contributed by atoms with Gasteiger partial charge in [-0.1, -0.05) is 23.7 Å². The first-order chi connectivity index (χ1) is 12.8. The Morgan fingerprint density at radius 2 is 1.70 bits per heavy atom. The van der Waals surface area contributed by atoms with Crippen molar-refractivity contribution in [1.29, 1.82) is 0 Å². The van der Waals surface area contributed by atoms with E-state index in [1.807, 2.05) is 5.01 Å². The summed E-state index contributed by atoms with van der Waals surface area (Å²) in [7, 11) is -1.67. The van der Waals surface area contributed by atoms with Gasteiger partial charge in [-0.2, -0.15) is 0 Å². The first-order valence-electron chi connectivity index (χ1n) is 8.60. The summed E-state index contributed by atoms with van der Waals surface area (Å²) in [5.41, 5.74) is 3.56. The number of hydrazine groups is 1. The second kappa shape index (κ2) is 8.26. The van der Waals surface area contributed by atoms with E-state index in [2.05, 4.69) is 17.2 Å². The summed E-state index contributed by atoms with van der Waals surface area (Å²) in [6, 6.07) is 12.4. The fourth-order valence-corrected chi connectivity index (χ4v) is 4.06. The van der Waals surface area contributed by atoms with Crippen LogP contribution in [0.25, 0.3) is 0 Å². The Labute approximate surface area is 163 Å². The van der Waals surface area contributed by atoms with Crippen molar-refractivity contribution in [2.24, 2.45) is 0 Å². The molecule has 1 heterocycles. The third kappa shape index (κ3) is 4.98. The maximum Gasteiger partial charge on any atom is 0.265 e.